The molecule has 2 aliphatic rings. The molecule has 8 N–H and O–H groups in total. The van der Waals surface area contributed by atoms with Gasteiger partial charge in [-0.25, -0.2) is 9.79 Å². The summed E-state index contributed by atoms with van der Waals surface area (Å²) in [6.07, 6.45) is 53.0. The van der Waals surface area contributed by atoms with E-state index in [4.69, 9.17) is 22.7 Å². The monoisotopic (exact) mass is 1340 g/mol. The minimum absolute atomic E-state index is 0.0257. The van der Waals surface area contributed by atoms with Crippen LogP contribution in [0.25, 0.3) is 5.57 Å². The summed E-state index contributed by atoms with van der Waals surface area (Å²) in [5.74, 6) is 0.0819. The molecule has 4 rings (SSSR count). The van der Waals surface area contributed by atoms with Gasteiger partial charge in [-0.2, -0.15) is 0 Å². The number of hydrogen-bond donors (Lipinski definition) is 7. The molecule has 536 valence electrons. The zero-order valence-corrected chi connectivity index (χ0v) is 61.6. The van der Waals surface area contributed by atoms with E-state index in [-0.39, 0.29) is 29.0 Å². The number of carbonyl (C=O) groups excluding carboxylic acids is 2. The van der Waals surface area contributed by atoms with E-state index in [1.54, 1.807) is 6.08 Å². The van der Waals surface area contributed by atoms with Gasteiger partial charge in [0.05, 0.1) is 17.8 Å². The maximum atomic E-state index is 14.9. The number of aliphatic imine (C=N–C) groups is 1. The summed E-state index contributed by atoms with van der Waals surface area (Å²) in [4.78, 5) is 52.6. The lowest BCUT2D eigenvalue weighted by atomic mass is 9.84. The van der Waals surface area contributed by atoms with E-state index in [1.807, 2.05) is 86.5 Å². The quantitative estimate of drug-likeness (QED) is 0.0209. The normalized spacial score (nSPS) is 13.3. The van der Waals surface area contributed by atoms with E-state index in [9.17, 15) is 19.5 Å². The van der Waals surface area contributed by atoms with Crippen LogP contribution in [0.4, 0.5) is 11.4 Å². The van der Waals surface area contributed by atoms with Crippen LogP contribution in [0.3, 0.4) is 0 Å². The van der Waals surface area contributed by atoms with E-state index in [0.717, 1.165) is 112 Å². The van der Waals surface area contributed by atoms with Crippen LogP contribution in [0.1, 0.15) is 275 Å². The third-order valence-corrected chi connectivity index (χ3v) is 18.9. The first kappa shape index (κ1) is 82.3. The number of carboxylic acids is 1. The van der Waals surface area contributed by atoms with E-state index in [2.05, 4.69) is 50.3 Å². The van der Waals surface area contributed by atoms with Crippen molar-refractivity contribution in [3.8, 4) is 11.5 Å². The van der Waals surface area contributed by atoms with E-state index in [0.29, 0.717) is 68.2 Å². The number of rotatable bonds is 58. The molecule has 0 bridgehead atoms. The average molecular weight is 1340 g/mol. The van der Waals surface area contributed by atoms with Gasteiger partial charge in [0.25, 0.3) is 0 Å². The maximum Gasteiger partial charge on any atom is 0.336 e. The number of anilines is 2. The number of thiocarbonyl (C=S) groups is 1. The fourth-order valence-electron chi connectivity index (χ4n) is 12.8. The fraction of sp³-hybridized carbons (Fsp3) is 0.709. The van der Waals surface area contributed by atoms with Crippen LogP contribution in [0.15, 0.2) is 70.8 Å². The van der Waals surface area contributed by atoms with E-state index in [1.165, 1.54) is 180 Å². The first-order valence-electron chi connectivity index (χ1n) is 38.3. The third-order valence-electron chi connectivity index (χ3n) is 18.7. The summed E-state index contributed by atoms with van der Waals surface area (Å²) in [7, 11) is 7.91. The molecule has 0 aromatic heterocycles. The Labute approximate surface area is 583 Å². The summed E-state index contributed by atoms with van der Waals surface area (Å²) >= 11 is 5.76. The van der Waals surface area contributed by atoms with Gasteiger partial charge in [0.2, 0.25) is 11.8 Å². The number of allylic oxidation sites excluding steroid dienone is 3. The molecule has 95 heavy (non-hydrogen) atoms. The second-order valence-corrected chi connectivity index (χ2v) is 27.8. The van der Waals surface area contributed by atoms with Crippen molar-refractivity contribution in [3.63, 3.8) is 0 Å². The highest BCUT2D eigenvalue weighted by Gasteiger charge is 2.30. The fourth-order valence-corrected chi connectivity index (χ4v) is 13.0. The standard InChI is InChI=1S/C79H134N10O5S/c1-7-9-11-13-15-17-19-21-23-25-27-29-31-33-35-41-59-89(60-42-36-34-32-30-28-26-24-22-20-18-16-14-12-10-8-2)77(91)72(86-75(90)64-83-57-44-56-82-54-40-39-53-81-55-43-52-80)45-37-38-58-84-79(95)85-65-46-49-68(71(61-65)78(92)93)76-69-50-47-66(87(3)4)62-73(69)94-74-63-67(88(5)6)48-51-70(74)76/h46-51,61-63,72,81-83H,7-45,52-60,64,80H2,1-6H3,(H,84,95)(H,86,90)(H,92,93)/b85-65+. The van der Waals surface area contributed by atoms with Crippen molar-refractivity contribution in [2.24, 2.45) is 10.7 Å². The topological polar surface area (TPSA) is 189 Å². The summed E-state index contributed by atoms with van der Waals surface area (Å²) in [6.45, 7) is 11.9. The number of nitrogens with zero attached hydrogens (tertiary/aromatic N) is 4. The molecule has 1 heterocycles. The summed E-state index contributed by atoms with van der Waals surface area (Å²) in [6, 6.07) is 11.3. The first-order valence-corrected chi connectivity index (χ1v) is 38.7. The van der Waals surface area contributed by atoms with Gasteiger partial charge in [-0.15, -0.1) is 0 Å². The highest BCUT2D eigenvalue weighted by atomic mass is 32.1. The molecule has 15 nitrogen and oxygen atoms in total. The molecule has 1 aliphatic carbocycles. The predicted octanol–water partition coefficient (Wildman–Crippen LogP) is 16.9. The molecule has 2 aromatic rings. The lowest BCUT2D eigenvalue weighted by Gasteiger charge is -2.28. The Hall–Kier alpha value is -5.13. The number of unbranched alkanes of at least 4 members (excludes halogenated alkanes) is 32. The summed E-state index contributed by atoms with van der Waals surface area (Å²) < 4.78 is 6.53. The first-order chi connectivity index (χ1) is 46.4. The van der Waals surface area contributed by atoms with Crippen molar-refractivity contribution in [3.05, 3.63) is 76.9 Å². The number of aliphatic carboxylic acids is 1. The number of carbonyl (C=O) groups is 3. The summed E-state index contributed by atoms with van der Waals surface area (Å²) in [5.41, 5.74) is 11.0. The lowest BCUT2D eigenvalue weighted by Crippen LogP contribution is -2.51. The molecule has 1 aliphatic heterocycles. The molecule has 2 aromatic carbocycles. The smallest absolute Gasteiger partial charge is 0.336 e. The number of fused-ring (bicyclic) bond motifs is 2. The van der Waals surface area contributed by atoms with Crippen LogP contribution in [-0.4, -0.2) is 138 Å². The Balaban J connectivity index is 1.38. The zero-order chi connectivity index (χ0) is 68.4. The highest BCUT2D eigenvalue weighted by Crippen LogP contribution is 2.49. The molecular weight excluding hydrogens is 1200 g/mol. The molecule has 0 saturated carbocycles. The van der Waals surface area contributed by atoms with Gasteiger partial charge in [-0.3, -0.25) is 9.59 Å². The molecule has 0 spiro atoms. The van der Waals surface area contributed by atoms with Crippen molar-refractivity contribution >= 4 is 57.8 Å². The van der Waals surface area contributed by atoms with Crippen LogP contribution in [0, 0.1) is 0 Å². The number of carboxylic acid groups (broad SMARTS) is 1. The summed E-state index contributed by atoms with van der Waals surface area (Å²) in [5, 5.41) is 27.8. The largest absolute Gasteiger partial charge is 0.478 e. The molecule has 1 atom stereocenters. The van der Waals surface area contributed by atoms with Gasteiger partial charge >= 0.3 is 5.97 Å². The van der Waals surface area contributed by atoms with Crippen LogP contribution in [-0.2, 0) is 14.4 Å². The van der Waals surface area contributed by atoms with Crippen molar-refractivity contribution in [1.82, 2.24) is 31.5 Å². The average Bonchev–Trinajstić information content (AvgIpc) is 0.749. The van der Waals surface area contributed by atoms with Crippen LogP contribution < -0.4 is 46.9 Å². The minimum Gasteiger partial charge on any atom is -0.478 e. The zero-order valence-electron chi connectivity index (χ0n) is 60.8. The van der Waals surface area contributed by atoms with Gasteiger partial charge in [0.1, 0.15) is 17.5 Å². The Bertz CT molecular complexity index is 2470. The van der Waals surface area contributed by atoms with Gasteiger partial charge in [-0.1, -0.05) is 213 Å². The van der Waals surface area contributed by atoms with Crippen LogP contribution in [0.2, 0.25) is 0 Å². The van der Waals surface area contributed by atoms with E-state index >= 15 is 0 Å². The Kier molecular flexibility index (Phi) is 45.8. The number of amides is 2. The van der Waals surface area contributed by atoms with Crippen molar-refractivity contribution < 1.29 is 24.2 Å². The van der Waals surface area contributed by atoms with Crippen LogP contribution in [0.5, 0.6) is 11.5 Å². The molecular formula is C79H134N10O5S. The molecule has 0 saturated heterocycles. The highest BCUT2D eigenvalue weighted by molar-refractivity contribution is 7.80. The molecule has 0 radical (unpaired) electrons. The van der Waals surface area contributed by atoms with Gasteiger partial charge in [0, 0.05) is 88.0 Å². The molecule has 16 heteroatoms. The Morgan fingerprint density at radius 3 is 1.39 bits per heavy atom. The SMILES string of the molecule is CCCCCCCCCCCCCCCCCCN(CCCCCCCCCCCCCCCCCC)C(=O)C(CCCCNC(=S)/N=C1\C=CC(=C2c3ccc(N(C)C)cc3Oc3cc(N(C)C)ccc32)C(C(=O)O)=C1)NC(=O)CNCCCNCCCCNCCCN. The number of ether oxygens (including phenoxy) is 1. The molecule has 0 fully saturated rings. The maximum absolute atomic E-state index is 14.9. The van der Waals surface area contributed by atoms with Gasteiger partial charge in [-0.05, 0) is 151 Å². The Morgan fingerprint density at radius 2 is 0.947 bits per heavy atom. The second kappa shape index (κ2) is 52.9. The second-order valence-electron chi connectivity index (χ2n) is 27.4. The Morgan fingerprint density at radius 1 is 0.526 bits per heavy atom. The van der Waals surface area contributed by atoms with Crippen molar-refractivity contribution in [1.29, 1.82) is 0 Å². The predicted molar refractivity (Wildman–Crippen MR) is 408 cm³/mol. The van der Waals surface area contributed by atoms with Crippen molar-refractivity contribution in [2.45, 2.75) is 270 Å². The van der Waals surface area contributed by atoms with E-state index < -0.39 is 12.0 Å². The third kappa shape index (κ3) is 35.8. The number of benzene rings is 2. The molecule has 1 unspecified atom stereocenters. The number of nitrogens with two attached hydrogens (primary N) is 1. The molecule has 2 amide bonds. The minimum atomic E-state index is -1.08. The number of hydrogen-bond acceptors (Lipinski definition) is 11. The van der Waals surface area contributed by atoms with Crippen LogP contribution >= 0.6 is 12.2 Å². The van der Waals surface area contributed by atoms with Crippen molar-refractivity contribution in [2.75, 3.05) is 103 Å². The van der Waals surface area contributed by atoms with Gasteiger partial charge < -0.3 is 56.9 Å². The number of nitrogens with one attached hydrogen (secondary N) is 5. The lowest BCUT2D eigenvalue weighted by molar-refractivity contribution is -0.136. The van der Waals surface area contributed by atoms with Gasteiger partial charge in [0.15, 0.2) is 5.11 Å².